The summed E-state index contributed by atoms with van der Waals surface area (Å²) in [6.07, 6.45) is -0.452. The molecule has 7 nitrogen and oxygen atoms in total. The van der Waals surface area contributed by atoms with Crippen LogP contribution in [-0.4, -0.2) is 42.8 Å². The summed E-state index contributed by atoms with van der Waals surface area (Å²) in [7, 11) is 1.21. The number of carbonyl (C=O) groups excluding carboxylic acids is 3. The van der Waals surface area contributed by atoms with E-state index < -0.39 is 41.5 Å². The molecule has 0 aliphatic carbocycles. The van der Waals surface area contributed by atoms with Crippen LogP contribution in [0.4, 0.5) is 14.9 Å². The number of alkyl carbamates (subject to hydrolysis) is 1. The van der Waals surface area contributed by atoms with Crippen molar-refractivity contribution < 1.29 is 28.2 Å². The van der Waals surface area contributed by atoms with Gasteiger partial charge in [-0.1, -0.05) is 13.0 Å². The lowest BCUT2D eigenvalue weighted by atomic mass is 10.1. The summed E-state index contributed by atoms with van der Waals surface area (Å²) in [4.78, 5) is 38.6. The van der Waals surface area contributed by atoms with E-state index in [4.69, 9.17) is 9.47 Å². The maximum atomic E-state index is 14.2. The number of carbonyl (C=O) groups is 3. The van der Waals surface area contributed by atoms with E-state index in [0.717, 1.165) is 0 Å². The lowest BCUT2D eigenvalue weighted by Crippen LogP contribution is -2.53. The van der Waals surface area contributed by atoms with Gasteiger partial charge in [0.25, 0.3) is 5.91 Å². The van der Waals surface area contributed by atoms with Gasteiger partial charge in [0.1, 0.15) is 23.5 Å². The van der Waals surface area contributed by atoms with E-state index in [-0.39, 0.29) is 18.4 Å². The Morgan fingerprint density at radius 1 is 1.33 bits per heavy atom. The Morgan fingerprint density at radius 3 is 2.56 bits per heavy atom. The Balaban J connectivity index is 2.31. The number of methoxy groups -OCH3 is 1. The summed E-state index contributed by atoms with van der Waals surface area (Å²) in [6, 6.07) is 2.40. The van der Waals surface area contributed by atoms with Crippen LogP contribution in [0.1, 0.15) is 39.7 Å². The van der Waals surface area contributed by atoms with Crippen LogP contribution in [0.2, 0.25) is 0 Å². The minimum Gasteiger partial charge on any atom is -0.467 e. The molecule has 1 aromatic carbocycles. The topological polar surface area (TPSA) is 84.9 Å². The van der Waals surface area contributed by atoms with Crippen LogP contribution in [0.15, 0.2) is 18.2 Å². The molecule has 1 aliphatic rings. The predicted molar refractivity (Wildman–Crippen MR) is 96.8 cm³/mol. The molecule has 0 saturated heterocycles. The second-order valence-electron chi connectivity index (χ2n) is 7.30. The zero-order chi connectivity index (χ0) is 20.4. The van der Waals surface area contributed by atoms with Crippen LogP contribution in [-0.2, 0) is 25.5 Å². The zero-order valence-electron chi connectivity index (χ0n) is 16.2. The normalized spacial score (nSPS) is 17.1. The molecule has 1 heterocycles. The van der Waals surface area contributed by atoms with E-state index in [2.05, 4.69) is 5.32 Å². The van der Waals surface area contributed by atoms with Crippen molar-refractivity contribution in [1.29, 1.82) is 0 Å². The maximum absolute atomic E-state index is 14.2. The first-order valence-electron chi connectivity index (χ1n) is 8.76. The van der Waals surface area contributed by atoms with Crippen molar-refractivity contribution in [2.45, 2.75) is 58.2 Å². The molecule has 2 amide bonds. The summed E-state index contributed by atoms with van der Waals surface area (Å²) in [6.45, 7) is 6.85. The van der Waals surface area contributed by atoms with Crippen molar-refractivity contribution >= 4 is 23.7 Å². The van der Waals surface area contributed by atoms with E-state index in [0.29, 0.717) is 5.69 Å². The second kappa shape index (κ2) is 7.94. The Labute approximate surface area is 157 Å². The SMILES string of the molecule is CC[C@H](NC(=O)OC(C)(C)C)C(=O)N1c2cccc(F)c2C[C@@H]1C(=O)OC. The Kier molecular flexibility index (Phi) is 6.08. The van der Waals surface area contributed by atoms with Gasteiger partial charge in [-0.15, -0.1) is 0 Å². The maximum Gasteiger partial charge on any atom is 0.408 e. The first-order valence-corrected chi connectivity index (χ1v) is 8.76. The Bertz CT molecular complexity index is 744. The number of fused-ring (bicyclic) bond motifs is 1. The van der Waals surface area contributed by atoms with Crippen molar-refractivity contribution in [1.82, 2.24) is 5.32 Å². The molecule has 0 saturated carbocycles. The minimum absolute atomic E-state index is 0.0172. The summed E-state index contributed by atoms with van der Waals surface area (Å²) in [5.41, 5.74) is -0.142. The summed E-state index contributed by atoms with van der Waals surface area (Å²) in [5, 5.41) is 2.52. The number of nitrogens with zero attached hydrogens (tertiary/aromatic N) is 1. The molecular formula is C19H25FN2O5. The monoisotopic (exact) mass is 380 g/mol. The van der Waals surface area contributed by atoms with Crippen LogP contribution in [0.3, 0.4) is 0 Å². The molecule has 0 fully saturated rings. The van der Waals surface area contributed by atoms with Crippen LogP contribution in [0.5, 0.6) is 0 Å². The van der Waals surface area contributed by atoms with Crippen molar-refractivity contribution in [3.63, 3.8) is 0 Å². The third-order valence-corrected chi connectivity index (χ3v) is 4.17. The number of esters is 1. The fourth-order valence-corrected chi connectivity index (χ4v) is 2.98. The highest BCUT2D eigenvalue weighted by Crippen LogP contribution is 2.35. The van der Waals surface area contributed by atoms with Gasteiger partial charge in [-0.2, -0.15) is 0 Å². The van der Waals surface area contributed by atoms with E-state index in [9.17, 15) is 18.8 Å². The number of hydrogen-bond donors (Lipinski definition) is 1. The molecule has 0 unspecified atom stereocenters. The van der Waals surface area contributed by atoms with Gasteiger partial charge in [-0.05, 0) is 39.3 Å². The quantitative estimate of drug-likeness (QED) is 0.812. The lowest BCUT2D eigenvalue weighted by molar-refractivity contribution is -0.143. The Hall–Kier alpha value is -2.64. The molecular weight excluding hydrogens is 355 g/mol. The summed E-state index contributed by atoms with van der Waals surface area (Å²) >= 11 is 0. The number of anilines is 1. The fourth-order valence-electron chi connectivity index (χ4n) is 2.98. The summed E-state index contributed by atoms with van der Waals surface area (Å²) < 4.78 is 24.1. The van der Waals surface area contributed by atoms with Gasteiger partial charge in [-0.25, -0.2) is 14.0 Å². The van der Waals surface area contributed by atoms with E-state index in [1.165, 1.54) is 24.1 Å². The molecule has 0 radical (unpaired) electrons. The van der Waals surface area contributed by atoms with Crippen molar-refractivity contribution in [2.75, 3.05) is 12.0 Å². The zero-order valence-corrected chi connectivity index (χ0v) is 16.2. The average molecular weight is 380 g/mol. The molecule has 1 aromatic rings. The van der Waals surface area contributed by atoms with Gasteiger partial charge in [0, 0.05) is 12.0 Å². The van der Waals surface area contributed by atoms with Gasteiger partial charge >= 0.3 is 12.1 Å². The summed E-state index contributed by atoms with van der Waals surface area (Å²) in [5.74, 6) is -1.67. The first kappa shape index (κ1) is 20.7. The average Bonchev–Trinajstić information content (AvgIpc) is 2.97. The van der Waals surface area contributed by atoms with Crippen LogP contribution < -0.4 is 10.2 Å². The molecule has 0 aromatic heterocycles. The van der Waals surface area contributed by atoms with Gasteiger partial charge in [0.15, 0.2) is 0 Å². The molecule has 1 N–H and O–H groups in total. The first-order chi connectivity index (χ1) is 12.6. The number of amides is 2. The highest BCUT2D eigenvalue weighted by Gasteiger charge is 2.42. The fraction of sp³-hybridized carbons (Fsp3) is 0.526. The second-order valence-corrected chi connectivity index (χ2v) is 7.30. The number of halogens is 1. The lowest BCUT2D eigenvalue weighted by Gasteiger charge is -2.29. The highest BCUT2D eigenvalue weighted by molar-refractivity contribution is 6.05. The van der Waals surface area contributed by atoms with Crippen LogP contribution >= 0.6 is 0 Å². The number of rotatable bonds is 4. The predicted octanol–water partition coefficient (Wildman–Crippen LogP) is 2.56. The smallest absolute Gasteiger partial charge is 0.408 e. The van der Waals surface area contributed by atoms with Crippen molar-refractivity contribution in [2.24, 2.45) is 0 Å². The third kappa shape index (κ3) is 4.56. The van der Waals surface area contributed by atoms with E-state index in [1.54, 1.807) is 33.8 Å². The standard InChI is InChI=1S/C19H25FN2O5/c1-6-13(21-18(25)27-19(2,3)4)16(23)22-14-9-7-8-12(20)11(14)10-15(22)17(24)26-5/h7-9,13,15H,6,10H2,1-5H3,(H,21,25)/t13-,15+/m0/s1. The van der Waals surface area contributed by atoms with Crippen LogP contribution in [0, 0.1) is 5.82 Å². The highest BCUT2D eigenvalue weighted by atomic mass is 19.1. The van der Waals surface area contributed by atoms with Crippen LogP contribution in [0.25, 0.3) is 0 Å². The Morgan fingerprint density at radius 2 is 2.00 bits per heavy atom. The minimum atomic E-state index is -0.983. The number of benzene rings is 1. The molecule has 2 rings (SSSR count). The number of hydrogen-bond acceptors (Lipinski definition) is 5. The molecule has 1 aliphatic heterocycles. The molecule has 2 atom stereocenters. The third-order valence-electron chi connectivity index (χ3n) is 4.17. The molecule has 8 heteroatoms. The van der Waals surface area contributed by atoms with Gasteiger partial charge in [0.05, 0.1) is 12.8 Å². The van der Waals surface area contributed by atoms with Gasteiger partial charge in [0.2, 0.25) is 0 Å². The van der Waals surface area contributed by atoms with Gasteiger partial charge < -0.3 is 14.8 Å². The largest absolute Gasteiger partial charge is 0.467 e. The van der Waals surface area contributed by atoms with Crippen molar-refractivity contribution in [3.8, 4) is 0 Å². The number of nitrogens with one attached hydrogen (secondary N) is 1. The molecule has 148 valence electrons. The van der Waals surface area contributed by atoms with Gasteiger partial charge in [-0.3, -0.25) is 9.69 Å². The van der Waals surface area contributed by atoms with Crippen molar-refractivity contribution in [3.05, 3.63) is 29.6 Å². The molecule has 0 bridgehead atoms. The molecule has 27 heavy (non-hydrogen) atoms. The van der Waals surface area contributed by atoms with E-state index >= 15 is 0 Å². The number of ether oxygens (including phenoxy) is 2. The van der Waals surface area contributed by atoms with E-state index in [1.807, 2.05) is 0 Å². The molecule has 0 spiro atoms.